The van der Waals surface area contributed by atoms with Crippen LogP contribution in [0.5, 0.6) is 0 Å². The van der Waals surface area contributed by atoms with Gasteiger partial charge in [0.2, 0.25) is 0 Å². The number of halogens is 9. The Hall–Kier alpha value is -3.82. The molecule has 38 heavy (non-hydrogen) atoms. The van der Waals surface area contributed by atoms with Gasteiger partial charge in [-0.2, -0.15) is 39.5 Å². The fourth-order valence-electron chi connectivity index (χ4n) is 3.06. The highest BCUT2D eigenvalue weighted by molar-refractivity contribution is 7.99. The second kappa shape index (κ2) is 10.5. The van der Waals surface area contributed by atoms with Crippen molar-refractivity contribution < 1.29 is 49.1 Å². The van der Waals surface area contributed by atoms with Crippen LogP contribution in [0.2, 0.25) is 0 Å². The number of urea groups is 1. The van der Waals surface area contributed by atoms with E-state index in [1.165, 1.54) is 24.4 Å². The lowest BCUT2D eigenvalue weighted by molar-refractivity contribution is -0.143. The summed E-state index contributed by atoms with van der Waals surface area (Å²) in [5, 5.41) is 3.49. The summed E-state index contributed by atoms with van der Waals surface area (Å²) in [6.07, 6.45) is -14.3. The summed E-state index contributed by atoms with van der Waals surface area (Å²) in [7, 11) is 0. The molecule has 0 saturated heterocycles. The monoisotopic (exact) mass is 568 g/mol. The minimum absolute atomic E-state index is 0.110. The van der Waals surface area contributed by atoms with E-state index < -0.39 is 52.7 Å². The predicted octanol–water partition coefficient (Wildman–Crippen LogP) is 6.95. The molecule has 2 N–H and O–H groups in total. The standard InChI is InChI=1S/C22H13F9N4O2S/c1-10-18(38-12-5-2-4-11(8-12)20(23,24)25)32-9-15(33-10)34-19(37)35-17(36)16-13(21(26,27)28)6-3-7-14(16)22(29,30)31/h2-9H,1H3,(H2,33,34,35,36,37). The van der Waals surface area contributed by atoms with E-state index in [0.717, 1.165) is 30.1 Å². The molecular formula is C22H13F9N4O2S. The Morgan fingerprint density at radius 1 is 0.842 bits per heavy atom. The molecule has 1 heterocycles. The lowest BCUT2D eigenvalue weighted by atomic mass is 9.99. The van der Waals surface area contributed by atoms with Crippen molar-refractivity contribution in [3.05, 3.63) is 76.6 Å². The van der Waals surface area contributed by atoms with Gasteiger partial charge >= 0.3 is 24.6 Å². The van der Waals surface area contributed by atoms with Crippen LogP contribution in [-0.4, -0.2) is 21.9 Å². The van der Waals surface area contributed by atoms with Crippen LogP contribution in [0.4, 0.5) is 50.1 Å². The summed E-state index contributed by atoms with van der Waals surface area (Å²) in [5.74, 6) is -2.31. The summed E-state index contributed by atoms with van der Waals surface area (Å²) in [4.78, 5) is 32.5. The molecule has 0 aliphatic heterocycles. The molecule has 3 rings (SSSR count). The smallest absolute Gasteiger partial charge is 0.291 e. The SMILES string of the molecule is Cc1nc(NC(=O)NC(=O)c2c(C(F)(F)F)cccc2C(F)(F)F)cnc1Sc1cccc(C(F)(F)F)c1. The molecule has 202 valence electrons. The molecule has 0 aliphatic rings. The van der Waals surface area contributed by atoms with Crippen molar-refractivity contribution in [2.75, 3.05) is 5.32 Å². The number of anilines is 1. The number of aryl methyl sites for hydroxylation is 1. The molecule has 1 aromatic heterocycles. The van der Waals surface area contributed by atoms with Gasteiger partial charge in [-0.1, -0.05) is 23.9 Å². The minimum Gasteiger partial charge on any atom is -0.291 e. The van der Waals surface area contributed by atoms with E-state index in [1.54, 1.807) is 0 Å². The van der Waals surface area contributed by atoms with Crippen molar-refractivity contribution in [2.45, 2.75) is 35.4 Å². The average Bonchev–Trinajstić information content (AvgIpc) is 2.78. The van der Waals surface area contributed by atoms with Gasteiger partial charge in [-0.15, -0.1) is 0 Å². The molecule has 0 radical (unpaired) electrons. The zero-order valence-corrected chi connectivity index (χ0v) is 19.5. The Labute approximate surface area is 211 Å². The van der Waals surface area contributed by atoms with Crippen LogP contribution < -0.4 is 10.6 Å². The third-order valence-corrected chi connectivity index (χ3v) is 5.73. The summed E-state index contributed by atoms with van der Waals surface area (Å²) in [5.41, 5.74) is -6.38. The van der Waals surface area contributed by atoms with Crippen molar-refractivity contribution in [3.8, 4) is 0 Å². The van der Waals surface area contributed by atoms with E-state index in [-0.39, 0.29) is 33.6 Å². The summed E-state index contributed by atoms with van der Waals surface area (Å²) in [6, 6.07) is 3.82. The van der Waals surface area contributed by atoms with Gasteiger partial charge in [0.1, 0.15) is 5.03 Å². The number of nitrogens with zero attached hydrogens (tertiary/aromatic N) is 2. The maximum atomic E-state index is 13.3. The number of hydrogen-bond donors (Lipinski definition) is 2. The van der Waals surface area contributed by atoms with Gasteiger partial charge in [0, 0.05) is 4.90 Å². The average molecular weight is 568 g/mol. The van der Waals surface area contributed by atoms with Crippen molar-refractivity contribution in [1.82, 2.24) is 15.3 Å². The predicted molar refractivity (Wildman–Crippen MR) is 115 cm³/mol. The van der Waals surface area contributed by atoms with E-state index in [0.29, 0.717) is 6.07 Å². The highest BCUT2D eigenvalue weighted by atomic mass is 32.2. The first kappa shape index (κ1) is 28.7. The first-order valence-corrected chi connectivity index (χ1v) is 10.9. The highest BCUT2D eigenvalue weighted by Crippen LogP contribution is 2.39. The molecule has 3 amide bonds. The second-order valence-corrected chi connectivity index (χ2v) is 8.47. The number of hydrogen-bond acceptors (Lipinski definition) is 5. The normalized spacial score (nSPS) is 12.3. The van der Waals surface area contributed by atoms with E-state index in [1.807, 2.05) is 5.32 Å². The first-order chi connectivity index (χ1) is 17.5. The molecule has 0 fully saturated rings. The molecule has 0 aliphatic carbocycles. The number of rotatable bonds is 4. The van der Waals surface area contributed by atoms with Crippen molar-refractivity contribution >= 4 is 29.5 Å². The van der Waals surface area contributed by atoms with Gasteiger partial charge in [-0.05, 0) is 37.3 Å². The van der Waals surface area contributed by atoms with Crippen molar-refractivity contribution in [1.29, 1.82) is 0 Å². The zero-order chi connectivity index (χ0) is 28.5. The van der Waals surface area contributed by atoms with Crippen LogP contribution in [0.25, 0.3) is 0 Å². The summed E-state index contributed by atoms with van der Waals surface area (Å²) < 4.78 is 118. The summed E-state index contributed by atoms with van der Waals surface area (Å²) in [6.45, 7) is 1.38. The molecule has 0 spiro atoms. The maximum Gasteiger partial charge on any atom is 0.417 e. The first-order valence-electron chi connectivity index (χ1n) is 10.1. The van der Waals surface area contributed by atoms with Gasteiger partial charge in [0.15, 0.2) is 5.82 Å². The second-order valence-electron chi connectivity index (χ2n) is 7.41. The fourth-order valence-corrected chi connectivity index (χ4v) is 3.92. The topological polar surface area (TPSA) is 84.0 Å². The highest BCUT2D eigenvalue weighted by Gasteiger charge is 2.43. The number of carbonyl (C=O) groups excluding carboxylic acids is 2. The number of nitrogens with one attached hydrogen (secondary N) is 2. The van der Waals surface area contributed by atoms with Crippen molar-refractivity contribution in [2.24, 2.45) is 0 Å². The third kappa shape index (κ3) is 6.93. The quantitative estimate of drug-likeness (QED) is 0.333. The molecule has 16 heteroatoms. The van der Waals surface area contributed by atoms with Crippen LogP contribution in [0.15, 0.2) is 58.6 Å². The van der Waals surface area contributed by atoms with Crippen LogP contribution in [0.1, 0.15) is 32.7 Å². The third-order valence-electron chi connectivity index (χ3n) is 4.65. The molecule has 0 bridgehead atoms. The molecule has 0 saturated carbocycles. The largest absolute Gasteiger partial charge is 0.417 e. The van der Waals surface area contributed by atoms with Crippen LogP contribution in [0, 0.1) is 6.92 Å². The Bertz CT molecular complexity index is 1340. The number of imide groups is 1. The van der Waals surface area contributed by atoms with E-state index in [2.05, 4.69) is 9.97 Å². The minimum atomic E-state index is -5.33. The maximum absolute atomic E-state index is 13.3. The lowest BCUT2D eigenvalue weighted by Crippen LogP contribution is -2.37. The Kier molecular flexibility index (Phi) is 7.95. The number of benzene rings is 2. The van der Waals surface area contributed by atoms with Crippen LogP contribution in [-0.2, 0) is 18.5 Å². The van der Waals surface area contributed by atoms with Gasteiger partial charge < -0.3 is 0 Å². The van der Waals surface area contributed by atoms with Crippen molar-refractivity contribution in [3.63, 3.8) is 0 Å². The van der Waals surface area contributed by atoms with E-state index in [4.69, 9.17) is 0 Å². The van der Waals surface area contributed by atoms with E-state index in [9.17, 15) is 49.1 Å². The van der Waals surface area contributed by atoms with Gasteiger partial charge in [-0.3, -0.25) is 15.4 Å². The fraction of sp³-hybridized carbons (Fsp3) is 0.182. The Morgan fingerprint density at radius 2 is 1.42 bits per heavy atom. The number of alkyl halides is 9. The molecule has 6 nitrogen and oxygen atoms in total. The number of amides is 3. The molecule has 2 aromatic carbocycles. The molecule has 0 atom stereocenters. The van der Waals surface area contributed by atoms with E-state index >= 15 is 0 Å². The Morgan fingerprint density at radius 3 is 1.95 bits per heavy atom. The lowest BCUT2D eigenvalue weighted by Gasteiger charge is -2.18. The van der Waals surface area contributed by atoms with Crippen LogP contribution in [0.3, 0.4) is 0 Å². The number of carbonyl (C=O) groups is 2. The molecular weight excluding hydrogens is 555 g/mol. The van der Waals surface area contributed by atoms with Gasteiger partial charge in [0.25, 0.3) is 5.91 Å². The number of aromatic nitrogens is 2. The van der Waals surface area contributed by atoms with Gasteiger partial charge in [-0.25, -0.2) is 14.8 Å². The summed E-state index contributed by atoms with van der Waals surface area (Å²) >= 11 is 0.819. The Balaban J connectivity index is 1.77. The molecule has 0 unspecified atom stereocenters. The van der Waals surface area contributed by atoms with Gasteiger partial charge in [0.05, 0.1) is 34.1 Å². The zero-order valence-electron chi connectivity index (χ0n) is 18.6. The molecule has 3 aromatic rings. The van der Waals surface area contributed by atoms with Crippen LogP contribution >= 0.6 is 11.8 Å².